The fourth-order valence-electron chi connectivity index (χ4n) is 2.32. The van der Waals surface area contributed by atoms with Gasteiger partial charge in [0.05, 0.1) is 0 Å². The van der Waals surface area contributed by atoms with Gasteiger partial charge in [0.1, 0.15) is 11.6 Å². The monoisotopic (exact) mass is 274 g/mol. The Bertz CT molecular complexity index is 597. The SMILES string of the molecule is Cc1cc(C(=O)c2cc(C)c(F)c(C)c2)cc(C)c1F. The summed E-state index contributed by atoms with van der Waals surface area (Å²) in [7, 11) is 0. The summed E-state index contributed by atoms with van der Waals surface area (Å²) in [6.07, 6.45) is 0. The van der Waals surface area contributed by atoms with Gasteiger partial charge in [0.25, 0.3) is 0 Å². The molecule has 1 nitrogen and oxygen atoms in total. The van der Waals surface area contributed by atoms with Crippen LogP contribution in [0.15, 0.2) is 24.3 Å². The van der Waals surface area contributed by atoms with Crippen LogP contribution < -0.4 is 0 Å². The van der Waals surface area contributed by atoms with Crippen molar-refractivity contribution in [1.82, 2.24) is 0 Å². The van der Waals surface area contributed by atoms with Crippen LogP contribution in [-0.4, -0.2) is 5.78 Å². The highest BCUT2D eigenvalue weighted by Gasteiger charge is 2.15. The molecule has 3 heteroatoms. The van der Waals surface area contributed by atoms with Gasteiger partial charge in [0.2, 0.25) is 0 Å². The molecule has 20 heavy (non-hydrogen) atoms. The molecular weight excluding hydrogens is 258 g/mol. The molecule has 0 N–H and O–H groups in total. The van der Waals surface area contributed by atoms with Crippen molar-refractivity contribution in [2.75, 3.05) is 0 Å². The lowest BCUT2D eigenvalue weighted by molar-refractivity contribution is 0.103. The van der Waals surface area contributed by atoms with Gasteiger partial charge in [-0.2, -0.15) is 0 Å². The molecule has 0 fully saturated rings. The Morgan fingerprint density at radius 2 is 0.950 bits per heavy atom. The molecule has 2 aromatic carbocycles. The summed E-state index contributed by atoms with van der Waals surface area (Å²) in [5, 5.41) is 0. The smallest absolute Gasteiger partial charge is 0.193 e. The van der Waals surface area contributed by atoms with E-state index in [1.165, 1.54) is 24.3 Å². The summed E-state index contributed by atoms with van der Waals surface area (Å²) >= 11 is 0. The zero-order valence-electron chi connectivity index (χ0n) is 12.0. The van der Waals surface area contributed by atoms with Gasteiger partial charge in [0, 0.05) is 11.1 Å². The van der Waals surface area contributed by atoms with E-state index in [9.17, 15) is 13.6 Å². The largest absolute Gasteiger partial charge is 0.289 e. The predicted octanol–water partition coefficient (Wildman–Crippen LogP) is 4.43. The van der Waals surface area contributed by atoms with E-state index in [1.54, 1.807) is 27.7 Å². The van der Waals surface area contributed by atoms with E-state index < -0.39 is 0 Å². The van der Waals surface area contributed by atoms with Gasteiger partial charge in [-0.3, -0.25) is 4.79 Å². The van der Waals surface area contributed by atoms with Crippen LogP contribution in [0.4, 0.5) is 8.78 Å². The maximum Gasteiger partial charge on any atom is 0.193 e. The molecule has 0 unspecified atom stereocenters. The number of hydrogen-bond acceptors (Lipinski definition) is 1. The number of rotatable bonds is 2. The zero-order chi connectivity index (χ0) is 15.0. The van der Waals surface area contributed by atoms with Crippen LogP contribution in [0.3, 0.4) is 0 Å². The number of benzene rings is 2. The highest BCUT2D eigenvalue weighted by Crippen LogP contribution is 2.20. The molecule has 0 aliphatic heterocycles. The molecular formula is C17H16F2O. The lowest BCUT2D eigenvalue weighted by Crippen LogP contribution is -2.05. The third-order valence-corrected chi connectivity index (χ3v) is 3.40. The van der Waals surface area contributed by atoms with Crippen molar-refractivity contribution < 1.29 is 13.6 Å². The van der Waals surface area contributed by atoms with Crippen LogP contribution in [0.1, 0.15) is 38.2 Å². The average molecular weight is 274 g/mol. The molecule has 0 aliphatic rings. The van der Waals surface area contributed by atoms with Gasteiger partial charge in [-0.1, -0.05) is 0 Å². The van der Waals surface area contributed by atoms with Crippen molar-refractivity contribution in [2.24, 2.45) is 0 Å². The number of carbonyl (C=O) groups is 1. The van der Waals surface area contributed by atoms with Crippen molar-refractivity contribution in [3.05, 3.63) is 69.3 Å². The Morgan fingerprint density at radius 1 is 0.700 bits per heavy atom. The molecule has 0 spiro atoms. The Balaban J connectivity index is 2.52. The quantitative estimate of drug-likeness (QED) is 0.740. The lowest BCUT2D eigenvalue weighted by Gasteiger charge is -2.09. The maximum atomic E-state index is 13.6. The van der Waals surface area contributed by atoms with E-state index in [1.807, 2.05) is 0 Å². The molecule has 0 saturated carbocycles. The third-order valence-electron chi connectivity index (χ3n) is 3.40. The lowest BCUT2D eigenvalue weighted by atomic mass is 9.96. The second-order valence-electron chi connectivity index (χ2n) is 5.18. The van der Waals surface area contributed by atoms with E-state index in [4.69, 9.17) is 0 Å². The van der Waals surface area contributed by atoms with Crippen molar-refractivity contribution in [1.29, 1.82) is 0 Å². The summed E-state index contributed by atoms with van der Waals surface area (Å²) in [4.78, 5) is 12.4. The number of hydrogen-bond donors (Lipinski definition) is 0. The molecule has 2 rings (SSSR count). The van der Waals surface area contributed by atoms with Crippen LogP contribution in [0.25, 0.3) is 0 Å². The second kappa shape index (κ2) is 5.16. The molecule has 0 amide bonds. The number of ketones is 1. The fourth-order valence-corrected chi connectivity index (χ4v) is 2.32. The van der Waals surface area contributed by atoms with Gasteiger partial charge in [0.15, 0.2) is 5.78 Å². The minimum Gasteiger partial charge on any atom is -0.289 e. The highest BCUT2D eigenvalue weighted by molar-refractivity contribution is 6.09. The fraction of sp³-hybridized carbons (Fsp3) is 0.235. The molecule has 0 atom stereocenters. The first-order valence-electron chi connectivity index (χ1n) is 6.39. The van der Waals surface area contributed by atoms with Gasteiger partial charge in [-0.25, -0.2) is 8.78 Å². The van der Waals surface area contributed by atoms with Crippen molar-refractivity contribution >= 4 is 5.78 Å². The topological polar surface area (TPSA) is 17.1 Å². The molecule has 0 aliphatic carbocycles. The van der Waals surface area contributed by atoms with Crippen molar-refractivity contribution in [2.45, 2.75) is 27.7 Å². The normalized spacial score (nSPS) is 10.7. The van der Waals surface area contributed by atoms with Crippen LogP contribution in [0.2, 0.25) is 0 Å². The van der Waals surface area contributed by atoms with Crippen LogP contribution in [-0.2, 0) is 0 Å². The van der Waals surface area contributed by atoms with Crippen LogP contribution in [0, 0.1) is 39.3 Å². The number of halogens is 2. The second-order valence-corrected chi connectivity index (χ2v) is 5.18. The molecule has 104 valence electrons. The van der Waals surface area contributed by atoms with E-state index in [2.05, 4.69) is 0 Å². The first kappa shape index (κ1) is 14.4. The van der Waals surface area contributed by atoms with Gasteiger partial charge >= 0.3 is 0 Å². The van der Waals surface area contributed by atoms with E-state index in [0.717, 1.165) is 0 Å². The van der Waals surface area contributed by atoms with Crippen molar-refractivity contribution in [3.63, 3.8) is 0 Å². The zero-order valence-corrected chi connectivity index (χ0v) is 12.0. The molecule has 0 heterocycles. The summed E-state index contributed by atoms with van der Waals surface area (Å²) in [5.74, 6) is -0.816. The first-order chi connectivity index (χ1) is 9.31. The van der Waals surface area contributed by atoms with Crippen LogP contribution >= 0.6 is 0 Å². The minimum atomic E-state index is -0.298. The van der Waals surface area contributed by atoms with Gasteiger partial charge < -0.3 is 0 Å². The van der Waals surface area contributed by atoms with E-state index in [-0.39, 0.29) is 17.4 Å². The molecule has 2 aromatic rings. The molecule has 0 radical (unpaired) electrons. The highest BCUT2D eigenvalue weighted by atomic mass is 19.1. The van der Waals surface area contributed by atoms with E-state index in [0.29, 0.717) is 33.4 Å². The summed E-state index contributed by atoms with van der Waals surface area (Å²) in [5.41, 5.74) is 2.58. The molecule has 0 saturated heterocycles. The van der Waals surface area contributed by atoms with Gasteiger partial charge in [-0.15, -0.1) is 0 Å². The summed E-state index contributed by atoms with van der Waals surface area (Å²) in [6, 6.07) is 6.11. The molecule has 0 bridgehead atoms. The Hall–Kier alpha value is -2.03. The Kier molecular flexibility index (Phi) is 3.71. The van der Waals surface area contributed by atoms with Crippen molar-refractivity contribution in [3.8, 4) is 0 Å². The third kappa shape index (κ3) is 2.48. The van der Waals surface area contributed by atoms with E-state index >= 15 is 0 Å². The number of aryl methyl sites for hydroxylation is 4. The summed E-state index contributed by atoms with van der Waals surface area (Å²) < 4.78 is 27.2. The predicted molar refractivity (Wildman–Crippen MR) is 75.2 cm³/mol. The average Bonchev–Trinajstić information content (AvgIpc) is 2.40. The Labute approximate surface area is 117 Å². The van der Waals surface area contributed by atoms with Gasteiger partial charge in [-0.05, 0) is 74.2 Å². The standard InChI is InChI=1S/C17H16F2O/c1-9-5-13(6-10(2)15(9)18)17(20)14-7-11(3)16(19)12(4)8-14/h5-8H,1-4H3. The minimum absolute atomic E-state index is 0.220. The van der Waals surface area contributed by atoms with Crippen LogP contribution in [0.5, 0.6) is 0 Å². The summed E-state index contributed by atoms with van der Waals surface area (Å²) in [6.45, 7) is 6.50. The maximum absolute atomic E-state index is 13.6. The molecule has 0 aromatic heterocycles. The number of carbonyl (C=O) groups excluding carboxylic acids is 1. The Morgan fingerprint density at radius 3 is 1.20 bits per heavy atom. The first-order valence-corrected chi connectivity index (χ1v) is 6.39.